The van der Waals surface area contributed by atoms with Crippen molar-refractivity contribution in [2.24, 2.45) is 0 Å². The third-order valence-corrected chi connectivity index (χ3v) is 3.95. The minimum atomic E-state index is -0.793. The highest BCUT2D eigenvalue weighted by atomic mass is 16.4. The lowest BCUT2D eigenvalue weighted by atomic mass is 10.1. The molecule has 1 heterocycles. The number of carbonyl (C=O) groups excluding carboxylic acids is 3. The van der Waals surface area contributed by atoms with E-state index in [0.717, 1.165) is 24.2 Å². The van der Waals surface area contributed by atoms with Gasteiger partial charge in [0.05, 0.1) is 11.1 Å². The molecular formula is C17H20N2O5. The van der Waals surface area contributed by atoms with Gasteiger partial charge >= 0.3 is 5.97 Å². The number of hydrogen-bond donors (Lipinski definition) is 2. The Bertz CT molecular complexity index is 684. The number of benzene rings is 1. The molecular weight excluding hydrogens is 312 g/mol. The van der Waals surface area contributed by atoms with Crippen molar-refractivity contribution in [3.05, 3.63) is 34.9 Å². The van der Waals surface area contributed by atoms with Gasteiger partial charge < -0.3 is 10.4 Å². The number of nitrogens with zero attached hydrogens (tertiary/aromatic N) is 1. The molecule has 1 aromatic carbocycles. The first-order valence-corrected chi connectivity index (χ1v) is 7.88. The number of carboxylic acids is 1. The van der Waals surface area contributed by atoms with Crippen molar-refractivity contribution in [1.82, 2.24) is 10.2 Å². The molecule has 7 heteroatoms. The zero-order valence-corrected chi connectivity index (χ0v) is 13.5. The second kappa shape index (κ2) is 7.72. The van der Waals surface area contributed by atoms with Crippen molar-refractivity contribution in [2.45, 2.75) is 32.1 Å². The standard InChI is InChI=1S/C17H20N2O5/c1-19-16(23)12-8-7-11(10-13(12)17(19)24)15(22)18-9-5-3-2-4-6-14(20)21/h7-8,10H,2-6,9H2,1H3,(H,18,22)(H,20,21). The molecule has 0 bridgehead atoms. The van der Waals surface area contributed by atoms with Crippen LogP contribution >= 0.6 is 0 Å². The fourth-order valence-corrected chi connectivity index (χ4v) is 2.56. The summed E-state index contributed by atoms with van der Waals surface area (Å²) in [7, 11) is 1.41. The van der Waals surface area contributed by atoms with Gasteiger partial charge in [-0.25, -0.2) is 0 Å². The Morgan fingerprint density at radius 1 is 1.04 bits per heavy atom. The number of carbonyl (C=O) groups is 4. The fraction of sp³-hybridized carbons (Fsp3) is 0.412. The molecule has 1 aromatic rings. The topological polar surface area (TPSA) is 104 Å². The molecule has 1 aliphatic heterocycles. The van der Waals surface area contributed by atoms with Crippen LogP contribution in [0.25, 0.3) is 0 Å². The van der Waals surface area contributed by atoms with Crippen LogP contribution in [0.3, 0.4) is 0 Å². The Morgan fingerprint density at radius 2 is 1.71 bits per heavy atom. The maximum atomic E-state index is 12.1. The Hall–Kier alpha value is -2.70. The van der Waals surface area contributed by atoms with E-state index in [1.54, 1.807) is 0 Å². The summed E-state index contributed by atoms with van der Waals surface area (Å²) < 4.78 is 0. The van der Waals surface area contributed by atoms with Crippen LogP contribution in [0.15, 0.2) is 18.2 Å². The van der Waals surface area contributed by atoms with Gasteiger partial charge in [-0.15, -0.1) is 0 Å². The lowest BCUT2D eigenvalue weighted by Crippen LogP contribution is -2.25. The maximum Gasteiger partial charge on any atom is 0.303 e. The summed E-state index contributed by atoms with van der Waals surface area (Å²) in [5, 5.41) is 11.3. The number of imide groups is 1. The van der Waals surface area contributed by atoms with E-state index >= 15 is 0 Å². The monoisotopic (exact) mass is 332 g/mol. The predicted molar refractivity (Wildman–Crippen MR) is 85.9 cm³/mol. The second-order valence-electron chi connectivity index (χ2n) is 5.74. The van der Waals surface area contributed by atoms with Crippen LogP contribution in [0.5, 0.6) is 0 Å². The van der Waals surface area contributed by atoms with Gasteiger partial charge in [0.15, 0.2) is 0 Å². The molecule has 24 heavy (non-hydrogen) atoms. The largest absolute Gasteiger partial charge is 0.481 e. The van der Waals surface area contributed by atoms with E-state index in [4.69, 9.17) is 5.11 Å². The Labute approximate surface area is 139 Å². The highest BCUT2D eigenvalue weighted by molar-refractivity contribution is 6.21. The lowest BCUT2D eigenvalue weighted by Gasteiger charge is -2.06. The molecule has 0 atom stereocenters. The van der Waals surface area contributed by atoms with Gasteiger partial charge in [-0.2, -0.15) is 0 Å². The van der Waals surface area contributed by atoms with E-state index in [-0.39, 0.29) is 23.8 Å². The highest BCUT2D eigenvalue weighted by Gasteiger charge is 2.33. The average molecular weight is 332 g/mol. The molecule has 0 aromatic heterocycles. The molecule has 1 aliphatic rings. The normalized spacial score (nSPS) is 13.1. The summed E-state index contributed by atoms with van der Waals surface area (Å²) >= 11 is 0. The maximum absolute atomic E-state index is 12.1. The van der Waals surface area contributed by atoms with Crippen LogP contribution in [0.1, 0.15) is 63.2 Å². The van der Waals surface area contributed by atoms with Crippen LogP contribution in [-0.4, -0.2) is 47.3 Å². The molecule has 0 radical (unpaired) electrons. The van der Waals surface area contributed by atoms with Crippen LogP contribution in [0.2, 0.25) is 0 Å². The zero-order valence-electron chi connectivity index (χ0n) is 13.5. The Morgan fingerprint density at radius 3 is 2.42 bits per heavy atom. The molecule has 0 saturated heterocycles. The summed E-state index contributed by atoms with van der Waals surface area (Å²) in [6.07, 6.45) is 3.22. The summed E-state index contributed by atoms with van der Waals surface area (Å²) in [4.78, 5) is 47.2. The molecule has 7 nitrogen and oxygen atoms in total. The Kier molecular flexibility index (Phi) is 5.68. The van der Waals surface area contributed by atoms with Crippen LogP contribution in [0, 0.1) is 0 Å². The SMILES string of the molecule is CN1C(=O)c2ccc(C(=O)NCCCCCCC(=O)O)cc2C1=O. The van der Waals surface area contributed by atoms with Crippen molar-refractivity contribution >= 4 is 23.7 Å². The van der Waals surface area contributed by atoms with Crippen molar-refractivity contribution in [3.8, 4) is 0 Å². The molecule has 0 unspecified atom stereocenters. The zero-order chi connectivity index (χ0) is 17.7. The molecule has 0 spiro atoms. The Balaban J connectivity index is 1.81. The summed E-state index contributed by atoms with van der Waals surface area (Å²) in [5.74, 6) is -1.84. The molecule has 0 aliphatic carbocycles. The highest BCUT2D eigenvalue weighted by Crippen LogP contribution is 2.22. The van der Waals surface area contributed by atoms with Gasteiger partial charge in [0.2, 0.25) is 0 Å². The van der Waals surface area contributed by atoms with Gasteiger partial charge in [-0.3, -0.25) is 24.1 Å². The number of amides is 3. The first kappa shape index (κ1) is 17.7. The second-order valence-corrected chi connectivity index (χ2v) is 5.74. The van der Waals surface area contributed by atoms with Crippen molar-refractivity contribution in [3.63, 3.8) is 0 Å². The summed E-state index contributed by atoms with van der Waals surface area (Å²) in [5.41, 5.74) is 0.914. The molecule has 2 rings (SSSR count). The molecule has 3 amide bonds. The van der Waals surface area contributed by atoms with Gasteiger partial charge in [0.1, 0.15) is 0 Å². The number of rotatable bonds is 8. The minimum Gasteiger partial charge on any atom is -0.481 e. The van der Waals surface area contributed by atoms with Crippen molar-refractivity contribution in [1.29, 1.82) is 0 Å². The predicted octanol–water partition coefficient (Wildman–Crippen LogP) is 1.68. The number of unbranched alkanes of at least 4 members (excludes halogenated alkanes) is 3. The third kappa shape index (κ3) is 3.98. The van der Waals surface area contributed by atoms with Gasteiger partial charge in [0.25, 0.3) is 17.7 Å². The van der Waals surface area contributed by atoms with E-state index in [2.05, 4.69) is 5.32 Å². The van der Waals surface area contributed by atoms with E-state index in [1.807, 2.05) is 0 Å². The van der Waals surface area contributed by atoms with E-state index < -0.39 is 11.9 Å². The van der Waals surface area contributed by atoms with E-state index in [9.17, 15) is 19.2 Å². The number of fused-ring (bicyclic) bond motifs is 1. The summed E-state index contributed by atoms with van der Waals surface area (Å²) in [6, 6.07) is 4.48. The van der Waals surface area contributed by atoms with Crippen LogP contribution in [-0.2, 0) is 4.79 Å². The van der Waals surface area contributed by atoms with Crippen molar-refractivity contribution in [2.75, 3.05) is 13.6 Å². The fourth-order valence-electron chi connectivity index (χ4n) is 2.56. The number of carboxylic acid groups (broad SMARTS) is 1. The van der Waals surface area contributed by atoms with Crippen LogP contribution < -0.4 is 5.32 Å². The summed E-state index contributed by atoms with van der Waals surface area (Å²) in [6.45, 7) is 0.482. The average Bonchev–Trinajstić information content (AvgIpc) is 2.77. The van der Waals surface area contributed by atoms with Gasteiger partial charge in [-0.05, 0) is 31.0 Å². The molecule has 0 fully saturated rings. The number of hydrogen-bond acceptors (Lipinski definition) is 4. The quantitative estimate of drug-likeness (QED) is 0.557. The van der Waals surface area contributed by atoms with Gasteiger partial charge in [0, 0.05) is 25.6 Å². The lowest BCUT2D eigenvalue weighted by molar-refractivity contribution is -0.137. The first-order valence-electron chi connectivity index (χ1n) is 7.88. The minimum absolute atomic E-state index is 0.169. The van der Waals surface area contributed by atoms with E-state index in [0.29, 0.717) is 24.1 Å². The third-order valence-electron chi connectivity index (χ3n) is 3.95. The van der Waals surface area contributed by atoms with E-state index in [1.165, 1.54) is 25.2 Å². The molecule has 0 saturated carbocycles. The van der Waals surface area contributed by atoms with Gasteiger partial charge in [-0.1, -0.05) is 12.8 Å². The first-order chi connectivity index (χ1) is 11.4. The smallest absolute Gasteiger partial charge is 0.303 e. The number of aliphatic carboxylic acids is 1. The number of nitrogens with one attached hydrogen (secondary N) is 1. The van der Waals surface area contributed by atoms with Crippen LogP contribution in [0.4, 0.5) is 0 Å². The van der Waals surface area contributed by atoms with Crippen molar-refractivity contribution < 1.29 is 24.3 Å². The molecule has 2 N–H and O–H groups in total. The molecule has 128 valence electrons.